The van der Waals surface area contributed by atoms with Crippen LogP contribution in [0.15, 0.2) is 30.5 Å². The molecule has 0 amide bonds. The van der Waals surface area contributed by atoms with Crippen LogP contribution in [0.2, 0.25) is 5.02 Å². The van der Waals surface area contributed by atoms with Gasteiger partial charge in [0, 0.05) is 24.7 Å². The standard InChI is InChI=1S/C16H21ClN4O/c1-12(15-4-2-3-5-16(15)17)21-11-13(18-19-21)10-20-8-6-14(22)7-9-20/h2-5,11-12,14,22H,6-10H2,1H3/t12-/m1/s1. The molecule has 3 rings (SSSR count). The molecule has 0 bridgehead atoms. The van der Waals surface area contributed by atoms with Gasteiger partial charge < -0.3 is 5.11 Å². The number of aromatic nitrogens is 3. The van der Waals surface area contributed by atoms with Crippen LogP contribution in [0.4, 0.5) is 0 Å². The van der Waals surface area contributed by atoms with E-state index in [4.69, 9.17) is 11.6 Å². The van der Waals surface area contributed by atoms with Gasteiger partial charge in [-0.05, 0) is 31.4 Å². The van der Waals surface area contributed by atoms with Gasteiger partial charge in [0.2, 0.25) is 0 Å². The molecule has 6 heteroatoms. The Bertz CT molecular complexity index is 622. The van der Waals surface area contributed by atoms with Gasteiger partial charge in [0.05, 0.1) is 24.0 Å². The predicted octanol–water partition coefficient (Wildman–Crippen LogP) is 2.50. The Morgan fingerprint density at radius 2 is 2.05 bits per heavy atom. The fourth-order valence-electron chi connectivity index (χ4n) is 2.84. The molecule has 118 valence electrons. The third kappa shape index (κ3) is 3.48. The summed E-state index contributed by atoms with van der Waals surface area (Å²) in [7, 11) is 0. The van der Waals surface area contributed by atoms with E-state index in [9.17, 15) is 5.11 Å². The monoisotopic (exact) mass is 320 g/mol. The highest BCUT2D eigenvalue weighted by Gasteiger charge is 2.19. The fourth-order valence-corrected chi connectivity index (χ4v) is 3.13. The summed E-state index contributed by atoms with van der Waals surface area (Å²) in [6.45, 7) is 4.67. The number of rotatable bonds is 4. The van der Waals surface area contributed by atoms with Crippen molar-refractivity contribution in [2.45, 2.75) is 38.5 Å². The van der Waals surface area contributed by atoms with Crippen molar-refractivity contribution in [2.75, 3.05) is 13.1 Å². The first-order chi connectivity index (χ1) is 10.6. The summed E-state index contributed by atoms with van der Waals surface area (Å²) >= 11 is 6.25. The molecule has 1 N–H and O–H groups in total. The van der Waals surface area contributed by atoms with Crippen molar-refractivity contribution in [3.05, 3.63) is 46.7 Å². The van der Waals surface area contributed by atoms with E-state index in [0.717, 1.165) is 48.8 Å². The predicted molar refractivity (Wildman–Crippen MR) is 85.8 cm³/mol. The maximum atomic E-state index is 9.55. The first kappa shape index (κ1) is 15.5. The number of hydrogen-bond donors (Lipinski definition) is 1. The molecule has 1 fully saturated rings. The fraction of sp³-hybridized carbons (Fsp3) is 0.500. The van der Waals surface area contributed by atoms with Gasteiger partial charge in [0.25, 0.3) is 0 Å². The summed E-state index contributed by atoms with van der Waals surface area (Å²) in [4.78, 5) is 2.31. The first-order valence-corrected chi connectivity index (χ1v) is 8.07. The number of hydrogen-bond acceptors (Lipinski definition) is 4. The Morgan fingerprint density at radius 1 is 1.32 bits per heavy atom. The smallest absolute Gasteiger partial charge is 0.0967 e. The van der Waals surface area contributed by atoms with Crippen molar-refractivity contribution >= 4 is 11.6 Å². The van der Waals surface area contributed by atoms with E-state index in [0.29, 0.717) is 0 Å². The SMILES string of the molecule is C[C@H](c1ccccc1Cl)n1cc(CN2CCC(O)CC2)nn1. The molecule has 1 aromatic heterocycles. The molecule has 5 nitrogen and oxygen atoms in total. The van der Waals surface area contributed by atoms with Gasteiger partial charge in [-0.15, -0.1) is 5.10 Å². The van der Waals surface area contributed by atoms with Crippen LogP contribution < -0.4 is 0 Å². The van der Waals surface area contributed by atoms with Crippen molar-refractivity contribution < 1.29 is 5.11 Å². The van der Waals surface area contributed by atoms with Crippen molar-refractivity contribution in [3.63, 3.8) is 0 Å². The average Bonchev–Trinajstić information content (AvgIpc) is 2.98. The maximum Gasteiger partial charge on any atom is 0.0967 e. The van der Waals surface area contributed by atoms with Crippen LogP contribution in [0.1, 0.15) is 37.1 Å². The number of aliphatic hydroxyl groups excluding tert-OH is 1. The normalized spacial score (nSPS) is 18.5. The summed E-state index contributed by atoms with van der Waals surface area (Å²) in [5.74, 6) is 0. The Labute approximate surface area is 135 Å². The number of nitrogens with zero attached hydrogens (tertiary/aromatic N) is 4. The summed E-state index contributed by atoms with van der Waals surface area (Å²) < 4.78 is 1.86. The Kier molecular flexibility index (Phi) is 4.76. The zero-order valence-electron chi connectivity index (χ0n) is 12.7. The van der Waals surface area contributed by atoms with Crippen molar-refractivity contribution in [1.29, 1.82) is 0 Å². The van der Waals surface area contributed by atoms with Gasteiger partial charge in [-0.3, -0.25) is 4.90 Å². The summed E-state index contributed by atoms with van der Waals surface area (Å²) in [5, 5.41) is 18.8. The third-order valence-electron chi connectivity index (χ3n) is 4.25. The molecular weight excluding hydrogens is 300 g/mol. The number of likely N-dealkylation sites (tertiary alicyclic amines) is 1. The van der Waals surface area contributed by atoms with Gasteiger partial charge in [0.1, 0.15) is 0 Å². The molecule has 22 heavy (non-hydrogen) atoms. The van der Waals surface area contributed by atoms with E-state index in [2.05, 4.69) is 22.1 Å². The van der Waals surface area contributed by atoms with Crippen molar-refractivity contribution in [3.8, 4) is 0 Å². The molecule has 1 aliphatic heterocycles. The van der Waals surface area contributed by atoms with E-state index in [1.165, 1.54) is 0 Å². The van der Waals surface area contributed by atoms with Gasteiger partial charge in [0.15, 0.2) is 0 Å². The molecule has 1 aromatic carbocycles. The van der Waals surface area contributed by atoms with E-state index in [1.54, 1.807) is 0 Å². The van der Waals surface area contributed by atoms with Crippen molar-refractivity contribution in [2.24, 2.45) is 0 Å². The molecule has 0 aliphatic carbocycles. The Hall–Kier alpha value is -1.43. The number of benzene rings is 1. The van der Waals surface area contributed by atoms with E-state index >= 15 is 0 Å². The second-order valence-corrected chi connectivity index (χ2v) is 6.30. The van der Waals surface area contributed by atoms with E-state index in [1.807, 2.05) is 35.1 Å². The lowest BCUT2D eigenvalue weighted by molar-refractivity contribution is 0.0786. The molecule has 0 saturated carbocycles. The minimum atomic E-state index is -0.146. The summed E-state index contributed by atoms with van der Waals surface area (Å²) in [5.41, 5.74) is 2.00. The summed E-state index contributed by atoms with van der Waals surface area (Å²) in [6, 6.07) is 7.87. The zero-order valence-corrected chi connectivity index (χ0v) is 13.4. The number of piperidine rings is 1. The highest BCUT2D eigenvalue weighted by atomic mass is 35.5. The van der Waals surface area contributed by atoms with E-state index in [-0.39, 0.29) is 12.1 Å². The summed E-state index contributed by atoms with van der Waals surface area (Å²) in [6.07, 6.45) is 3.51. The van der Waals surface area contributed by atoms with Gasteiger partial charge in [-0.25, -0.2) is 4.68 Å². The molecule has 0 unspecified atom stereocenters. The minimum Gasteiger partial charge on any atom is -0.393 e. The van der Waals surface area contributed by atoms with Crippen LogP contribution in [-0.4, -0.2) is 44.2 Å². The quantitative estimate of drug-likeness (QED) is 0.940. The van der Waals surface area contributed by atoms with E-state index < -0.39 is 0 Å². The Morgan fingerprint density at radius 3 is 2.77 bits per heavy atom. The van der Waals surface area contributed by atoms with Crippen LogP contribution >= 0.6 is 11.6 Å². The largest absolute Gasteiger partial charge is 0.393 e. The van der Waals surface area contributed by atoms with Gasteiger partial charge in [-0.1, -0.05) is 35.0 Å². The second-order valence-electron chi connectivity index (χ2n) is 5.89. The van der Waals surface area contributed by atoms with Crippen LogP contribution in [0.25, 0.3) is 0 Å². The number of halogens is 1. The number of aliphatic hydroxyl groups is 1. The second kappa shape index (κ2) is 6.77. The highest BCUT2D eigenvalue weighted by molar-refractivity contribution is 6.31. The lowest BCUT2D eigenvalue weighted by Crippen LogP contribution is -2.35. The average molecular weight is 321 g/mol. The van der Waals surface area contributed by atoms with Gasteiger partial charge >= 0.3 is 0 Å². The molecule has 1 aliphatic rings. The zero-order chi connectivity index (χ0) is 15.5. The molecule has 2 aromatic rings. The van der Waals surface area contributed by atoms with Crippen LogP contribution in [0.3, 0.4) is 0 Å². The van der Waals surface area contributed by atoms with Gasteiger partial charge in [-0.2, -0.15) is 0 Å². The molecule has 0 spiro atoms. The third-order valence-corrected chi connectivity index (χ3v) is 4.60. The lowest BCUT2D eigenvalue weighted by Gasteiger charge is -2.28. The molecule has 1 atom stereocenters. The molecule has 0 radical (unpaired) electrons. The van der Waals surface area contributed by atoms with Crippen molar-refractivity contribution in [1.82, 2.24) is 19.9 Å². The van der Waals surface area contributed by atoms with Crippen LogP contribution in [-0.2, 0) is 6.54 Å². The molecule has 1 saturated heterocycles. The molecule has 2 heterocycles. The minimum absolute atomic E-state index is 0.0538. The van der Waals surface area contributed by atoms with Crippen LogP contribution in [0, 0.1) is 0 Å². The lowest BCUT2D eigenvalue weighted by atomic mass is 10.1. The molecular formula is C16H21ClN4O. The van der Waals surface area contributed by atoms with Crippen LogP contribution in [0.5, 0.6) is 0 Å². The maximum absolute atomic E-state index is 9.55. The highest BCUT2D eigenvalue weighted by Crippen LogP contribution is 2.25. The Balaban J connectivity index is 1.67. The first-order valence-electron chi connectivity index (χ1n) is 7.69. The topological polar surface area (TPSA) is 54.2 Å².